The maximum absolute atomic E-state index is 4.57. The lowest BCUT2D eigenvalue weighted by molar-refractivity contribution is 0.431. The first-order chi connectivity index (χ1) is 8.24. The summed E-state index contributed by atoms with van der Waals surface area (Å²) in [4.78, 5) is 7.08. The Balaban J connectivity index is 2.26. The SMILES string of the molecule is CCCC1CCCCN1c1nccc(C)c1Br. The van der Waals surface area contributed by atoms with Crippen molar-refractivity contribution in [3.8, 4) is 0 Å². The molecule has 1 aromatic rings. The Morgan fingerprint density at radius 3 is 3.06 bits per heavy atom. The Labute approximate surface area is 113 Å². The van der Waals surface area contributed by atoms with E-state index in [9.17, 15) is 0 Å². The summed E-state index contributed by atoms with van der Waals surface area (Å²) in [5.41, 5.74) is 1.27. The quantitative estimate of drug-likeness (QED) is 0.826. The minimum absolute atomic E-state index is 0.680. The van der Waals surface area contributed by atoms with Gasteiger partial charge in [-0.15, -0.1) is 0 Å². The number of anilines is 1. The first-order valence-electron chi connectivity index (χ1n) is 6.61. The minimum atomic E-state index is 0.680. The number of nitrogens with zero attached hydrogens (tertiary/aromatic N) is 2. The molecule has 3 heteroatoms. The Morgan fingerprint density at radius 1 is 1.47 bits per heavy atom. The second-order valence-corrected chi connectivity index (χ2v) is 5.69. The number of piperidine rings is 1. The summed E-state index contributed by atoms with van der Waals surface area (Å²) in [5.74, 6) is 1.14. The molecule has 0 bridgehead atoms. The normalized spacial score (nSPS) is 20.6. The third kappa shape index (κ3) is 2.82. The van der Waals surface area contributed by atoms with Crippen molar-refractivity contribution in [2.45, 2.75) is 52.0 Å². The van der Waals surface area contributed by atoms with E-state index in [4.69, 9.17) is 0 Å². The molecular weight excluding hydrogens is 276 g/mol. The zero-order valence-corrected chi connectivity index (χ0v) is 12.3. The van der Waals surface area contributed by atoms with Crippen LogP contribution in [0.1, 0.15) is 44.6 Å². The number of pyridine rings is 1. The van der Waals surface area contributed by atoms with Gasteiger partial charge in [0.2, 0.25) is 0 Å². The lowest BCUT2D eigenvalue weighted by Crippen LogP contribution is -2.40. The number of hydrogen-bond acceptors (Lipinski definition) is 2. The van der Waals surface area contributed by atoms with Gasteiger partial charge in [-0.3, -0.25) is 0 Å². The zero-order valence-electron chi connectivity index (χ0n) is 10.7. The molecule has 1 fully saturated rings. The topological polar surface area (TPSA) is 16.1 Å². The molecule has 2 heterocycles. The van der Waals surface area contributed by atoms with Crippen LogP contribution in [0.3, 0.4) is 0 Å². The average Bonchev–Trinajstić information content (AvgIpc) is 2.34. The molecule has 1 saturated heterocycles. The van der Waals surface area contributed by atoms with Crippen LogP contribution in [-0.4, -0.2) is 17.6 Å². The summed E-state index contributed by atoms with van der Waals surface area (Å²) in [7, 11) is 0. The molecule has 0 saturated carbocycles. The lowest BCUT2D eigenvalue weighted by Gasteiger charge is -2.37. The van der Waals surface area contributed by atoms with Gasteiger partial charge in [0.1, 0.15) is 5.82 Å². The van der Waals surface area contributed by atoms with Gasteiger partial charge in [0.15, 0.2) is 0 Å². The van der Waals surface area contributed by atoms with Gasteiger partial charge in [0.05, 0.1) is 4.47 Å². The highest BCUT2D eigenvalue weighted by atomic mass is 79.9. The smallest absolute Gasteiger partial charge is 0.143 e. The van der Waals surface area contributed by atoms with Crippen LogP contribution >= 0.6 is 15.9 Å². The largest absolute Gasteiger partial charge is 0.353 e. The fourth-order valence-corrected chi connectivity index (χ4v) is 3.10. The highest BCUT2D eigenvalue weighted by Crippen LogP contribution is 2.32. The van der Waals surface area contributed by atoms with Gasteiger partial charge in [-0.1, -0.05) is 13.3 Å². The molecule has 0 radical (unpaired) electrons. The van der Waals surface area contributed by atoms with Crippen molar-refractivity contribution in [2.24, 2.45) is 0 Å². The van der Waals surface area contributed by atoms with E-state index in [0.717, 1.165) is 12.4 Å². The van der Waals surface area contributed by atoms with E-state index in [0.29, 0.717) is 6.04 Å². The maximum Gasteiger partial charge on any atom is 0.143 e. The first-order valence-corrected chi connectivity index (χ1v) is 7.41. The Morgan fingerprint density at radius 2 is 2.29 bits per heavy atom. The summed E-state index contributed by atoms with van der Waals surface area (Å²) in [6.45, 7) is 5.55. The van der Waals surface area contributed by atoms with Gasteiger partial charge in [-0.25, -0.2) is 4.98 Å². The molecule has 0 aromatic carbocycles. The highest BCUT2D eigenvalue weighted by molar-refractivity contribution is 9.10. The predicted octanol–water partition coefficient (Wildman–Crippen LogP) is 4.31. The average molecular weight is 297 g/mol. The lowest BCUT2D eigenvalue weighted by atomic mass is 9.98. The fourth-order valence-electron chi connectivity index (χ4n) is 2.64. The van der Waals surface area contributed by atoms with Crippen LogP contribution in [0.5, 0.6) is 0 Å². The molecule has 0 N–H and O–H groups in total. The summed E-state index contributed by atoms with van der Waals surface area (Å²) in [6, 6.07) is 2.74. The van der Waals surface area contributed by atoms with Crippen molar-refractivity contribution in [1.82, 2.24) is 4.98 Å². The summed E-state index contributed by atoms with van der Waals surface area (Å²) in [5, 5.41) is 0. The van der Waals surface area contributed by atoms with Gasteiger partial charge in [-0.05, 0) is 60.2 Å². The zero-order chi connectivity index (χ0) is 12.3. The van der Waals surface area contributed by atoms with Gasteiger partial charge in [0, 0.05) is 18.8 Å². The Bertz CT molecular complexity index is 376. The second kappa shape index (κ2) is 5.85. The van der Waals surface area contributed by atoms with Crippen LogP contribution in [-0.2, 0) is 0 Å². The third-order valence-electron chi connectivity index (χ3n) is 3.58. The molecule has 1 unspecified atom stereocenters. The van der Waals surface area contributed by atoms with Gasteiger partial charge in [-0.2, -0.15) is 0 Å². The molecule has 17 heavy (non-hydrogen) atoms. The van der Waals surface area contributed by atoms with Crippen LogP contribution in [0.15, 0.2) is 16.7 Å². The molecule has 1 aliphatic rings. The van der Waals surface area contributed by atoms with E-state index >= 15 is 0 Å². The van der Waals surface area contributed by atoms with Crippen LogP contribution in [0.4, 0.5) is 5.82 Å². The third-order valence-corrected chi connectivity index (χ3v) is 4.57. The van der Waals surface area contributed by atoms with E-state index in [1.807, 2.05) is 6.20 Å². The number of rotatable bonds is 3. The molecule has 2 nitrogen and oxygen atoms in total. The standard InChI is InChI=1S/C14H21BrN2/c1-3-6-12-7-4-5-10-17(12)14-13(15)11(2)8-9-16-14/h8-9,12H,3-7,10H2,1-2H3. The molecule has 2 rings (SSSR count). The van der Waals surface area contributed by atoms with Crippen molar-refractivity contribution in [2.75, 3.05) is 11.4 Å². The monoisotopic (exact) mass is 296 g/mol. The van der Waals surface area contributed by atoms with Crippen LogP contribution in [0.25, 0.3) is 0 Å². The van der Waals surface area contributed by atoms with E-state index in [-0.39, 0.29) is 0 Å². The van der Waals surface area contributed by atoms with Crippen LogP contribution in [0.2, 0.25) is 0 Å². The number of aryl methyl sites for hydroxylation is 1. The molecule has 1 aliphatic heterocycles. The summed E-state index contributed by atoms with van der Waals surface area (Å²) in [6.07, 6.45) is 8.43. The number of hydrogen-bond donors (Lipinski definition) is 0. The minimum Gasteiger partial charge on any atom is -0.353 e. The van der Waals surface area contributed by atoms with E-state index in [1.165, 1.54) is 42.1 Å². The van der Waals surface area contributed by atoms with Crippen molar-refractivity contribution in [3.05, 3.63) is 22.3 Å². The van der Waals surface area contributed by atoms with Gasteiger partial charge >= 0.3 is 0 Å². The molecule has 0 spiro atoms. The molecule has 1 aromatic heterocycles. The van der Waals surface area contributed by atoms with E-state index < -0.39 is 0 Å². The fraction of sp³-hybridized carbons (Fsp3) is 0.643. The second-order valence-electron chi connectivity index (χ2n) is 4.90. The van der Waals surface area contributed by atoms with Crippen molar-refractivity contribution in [1.29, 1.82) is 0 Å². The van der Waals surface area contributed by atoms with Crippen molar-refractivity contribution < 1.29 is 0 Å². The van der Waals surface area contributed by atoms with Gasteiger partial charge < -0.3 is 4.90 Å². The Hall–Kier alpha value is -0.570. The Kier molecular flexibility index (Phi) is 4.43. The van der Waals surface area contributed by atoms with Crippen molar-refractivity contribution in [3.63, 3.8) is 0 Å². The van der Waals surface area contributed by atoms with E-state index in [1.54, 1.807) is 0 Å². The number of aromatic nitrogens is 1. The highest BCUT2D eigenvalue weighted by Gasteiger charge is 2.24. The number of halogens is 1. The molecule has 94 valence electrons. The predicted molar refractivity (Wildman–Crippen MR) is 76.6 cm³/mol. The first kappa shape index (κ1) is 12.9. The van der Waals surface area contributed by atoms with E-state index in [2.05, 4.69) is 45.7 Å². The maximum atomic E-state index is 4.57. The van der Waals surface area contributed by atoms with Crippen molar-refractivity contribution >= 4 is 21.7 Å². The molecule has 0 amide bonds. The molecule has 0 aliphatic carbocycles. The van der Waals surface area contributed by atoms with Gasteiger partial charge in [0.25, 0.3) is 0 Å². The van der Waals surface area contributed by atoms with Crippen LogP contribution < -0.4 is 4.90 Å². The molecule has 1 atom stereocenters. The van der Waals surface area contributed by atoms with Crippen LogP contribution in [0, 0.1) is 6.92 Å². The molecular formula is C14H21BrN2. The summed E-state index contributed by atoms with van der Waals surface area (Å²) >= 11 is 3.69. The summed E-state index contributed by atoms with van der Waals surface area (Å²) < 4.78 is 1.17.